The minimum absolute atomic E-state index is 0.101. The molecule has 0 spiro atoms. The molecule has 50 heavy (non-hydrogen) atoms. The van der Waals surface area contributed by atoms with Gasteiger partial charge >= 0.3 is 7.69 Å². The second kappa shape index (κ2) is 16.8. The summed E-state index contributed by atoms with van der Waals surface area (Å²) in [5.74, 6) is 2.28. The normalized spacial score (nSPS) is 10.4. The number of nitrogens with zero attached hydrogens (tertiary/aromatic N) is 6. The van der Waals surface area contributed by atoms with Gasteiger partial charge in [-0.2, -0.15) is 24.9 Å². The molecule has 6 aromatic carbocycles. The third kappa shape index (κ3) is 9.16. The Kier molecular flexibility index (Phi) is 11.6. The molecular formula is C38H25BCl3N6O2. The van der Waals surface area contributed by atoms with E-state index in [9.17, 15) is 0 Å². The van der Waals surface area contributed by atoms with Crippen molar-refractivity contribution in [1.82, 2.24) is 29.9 Å². The highest BCUT2D eigenvalue weighted by Gasteiger charge is 2.10. The minimum atomic E-state index is 0.101. The van der Waals surface area contributed by atoms with Gasteiger partial charge in [0.1, 0.15) is 5.75 Å². The lowest BCUT2D eigenvalue weighted by molar-refractivity contribution is 0.454. The zero-order chi connectivity index (χ0) is 34.7. The average Bonchev–Trinajstić information content (AvgIpc) is 3.15. The average molecular weight is 715 g/mol. The summed E-state index contributed by atoms with van der Waals surface area (Å²) in [7, 11) is 0.685. The molecule has 1 N–H and O–H groups in total. The van der Waals surface area contributed by atoms with Crippen LogP contribution in [-0.4, -0.2) is 42.6 Å². The molecule has 8 aromatic rings. The maximum Gasteiger partial charge on any atom is 0.569 e. The van der Waals surface area contributed by atoms with Gasteiger partial charge in [-0.3, -0.25) is 0 Å². The molecule has 0 fully saturated rings. The Hall–Kier alpha value is -5.45. The first-order valence-corrected chi connectivity index (χ1v) is 16.3. The highest BCUT2D eigenvalue weighted by molar-refractivity contribution is 6.31. The van der Waals surface area contributed by atoms with Crippen molar-refractivity contribution in [3.05, 3.63) is 161 Å². The molecule has 0 aliphatic carbocycles. The zero-order valence-corrected chi connectivity index (χ0v) is 28.4. The van der Waals surface area contributed by atoms with Crippen molar-refractivity contribution in [2.24, 2.45) is 0 Å². The lowest BCUT2D eigenvalue weighted by atomic mass is 10.1. The van der Waals surface area contributed by atoms with Crippen LogP contribution in [0, 0.1) is 0 Å². The molecule has 2 heterocycles. The molecule has 0 amide bonds. The van der Waals surface area contributed by atoms with Crippen LogP contribution in [0.15, 0.2) is 146 Å². The van der Waals surface area contributed by atoms with Gasteiger partial charge in [-0.25, -0.2) is 4.98 Å². The maximum absolute atomic E-state index is 8.44. The van der Waals surface area contributed by atoms with Crippen molar-refractivity contribution >= 4 is 64.0 Å². The first-order chi connectivity index (χ1) is 24.4. The van der Waals surface area contributed by atoms with Crippen LogP contribution < -0.4 is 4.65 Å². The molecule has 243 valence electrons. The largest absolute Gasteiger partial charge is 0.569 e. The van der Waals surface area contributed by atoms with Gasteiger partial charge in [0.05, 0.1) is 0 Å². The monoisotopic (exact) mass is 713 g/mol. The van der Waals surface area contributed by atoms with Crippen LogP contribution in [0.25, 0.3) is 55.7 Å². The molecule has 0 aliphatic heterocycles. The molecule has 0 unspecified atom stereocenters. The van der Waals surface area contributed by atoms with E-state index in [-0.39, 0.29) is 15.9 Å². The fraction of sp³-hybridized carbons (Fsp3) is 0. The smallest absolute Gasteiger partial charge is 0.537 e. The summed E-state index contributed by atoms with van der Waals surface area (Å²) in [5.41, 5.74) is 2.70. The van der Waals surface area contributed by atoms with Gasteiger partial charge in [-0.1, -0.05) is 127 Å². The Labute approximate surface area is 303 Å². The van der Waals surface area contributed by atoms with E-state index in [1.807, 2.05) is 121 Å². The third-order valence-electron chi connectivity index (χ3n) is 7.17. The zero-order valence-electron chi connectivity index (χ0n) is 26.1. The van der Waals surface area contributed by atoms with Gasteiger partial charge in [0.15, 0.2) is 17.5 Å². The fourth-order valence-corrected chi connectivity index (χ4v) is 5.39. The van der Waals surface area contributed by atoms with Gasteiger partial charge in [-0.15, -0.1) is 0 Å². The molecule has 0 saturated carbocycles. The highest BCUT2D eigenvalue weighted by Crippen LogP contribution is 2.25. The topological polar surface area (TPSA) is 107 Å². The van der Waals surface area contributed by atoms with Crippen molar-refractivity contribution in [2.75, 3.05) is 0 Å². The number of rotatable bonds is 5. The Morgan fingerprint density at radius 1 is 0.400 bits per heavy atom. The summed E-state index contributed by atoms with van der Waals surface area (Å²) < 4.78 is 4.84. The summed E-state index contributed by atoms with van der Waals surface area (Å²) in [6.07, 6.45) is 0. The van der Waals surface area contributed by atoms with E-state index < -0.39 is 0 Å². The molecule has 1 radical (unpaired) electrons. The summed E-state index contributed by atoms with van der Waals surface area (Å²) >= 11 is 17.4. The van der Waals surface area contributed by atoms with E-state index >= 15 is 0 Å². The number of halogens is 3. The van der Waals surface area contributed by atoms with Crippen molar-refractivity contribution in [2.45, 2.75) is 0 Å². The third-order valence-corrected chi connectivity index (χ3v) is 7.68. The highest BCUT2D eigenvalue weighted by atomic mass is 35.5. The molecule has 8 nitrogen and oxygen atoms in total. The van der Waals surface area contributed by atoms with Crippen molar-refractivity contribution < 1.29 is 9.68 Å². The van der Waals surface area contributed by atoms with E-state index in [0.29, 0.717) is 30.9 Å². The van der Waals surface area contributed by atoms with Crippen molar-refractivity contribution in [3.63, 3.8) is 0 Å². The van der Waals surface area contributed by atoms with E-state index in [1.54, 1.807) is 0 Å². The Bertz CT molecular complexity index is 2330. The molecular weight excluding hydrogens is 690 g/mol. The SMILES string of the molecule is Clc1nc(-c2ccccc2)nc(-c2ccc3ccccc3c2)n1.Clc1nc(Cl)nc(-c2ccccc2)n1.O[B]Oc1ccc2ccccc2c1. The number of hydrogen-bond donors (Lipinski definition) is 1. The van der Waals surface area contributed by atoms with Gasteiger partial charge in [0.2, 0.25) is 15.9 Å². The molecule has 12 heteroatoms. The summed E-state index contributed by atoms with van der Waals surface area (Å²) in [4.78, 5) is 24.7. The van der Waals surface area contributed by atoms with Crippen LogP contribution in [0.2, 0.25) is 15.9 Å². The fourth-order valence-electron chi connectivity index (χ4n) is 4.87. The van der Waals surface area contributed by atoms with E-state index in [2.05, 4.69) is 54.2 Å². The molecule has 0 saturated heterocycles. The van der Waals surface area contributed by atoms with E-state index in [4.69, 9.17) is 44.5 Å². The summed E-state index contributed by atoms with van der Waals surface area (Å²) in [5, 5.41) is 13.4. The molecule has 2 aromatic heterocycles. The molecule has 8 rings (SSSR count). The molecule has 0 bridgehead atoms. The van der Waals surface area contributed by atoms with Crippen molar-refractivity contribution in [3.8, 4) is 39.9 Å². The standard InChI is InChI=1S/C19H12ClN3.C10H8BO2.C9H5Cl2N3/c20-19-22-17(14-7-2-1-3-8-14)21-18(23-19)16-11-10-13-6-4-5-9-15(13)12-16;12-11-13-10-6-5-8-3-1-2-4-9(8)7-10;10-8-12-7(13-9(11)14-8)6-4-2-1-3-5-6/h1-12H;1-7,12H;1-5H. The first kappa shape index (κ1) is 34.4. The lowest BCUT2D eigenvalue weighted by Crippen LogP contribution is -1.99. The molecule has 0 aliphatic rings. The van der Waals surface area contributed by atoms with Crippen LogP contribution >= 0.6 is 34.8 Å². The van der Waals surface area contributed by atoms with Crippen LogP contribution in [0.1, 0.15) is 0 Å². The van der Waals surface area contributed by atoms with Crippen LogP contribution in [0.5, 0.6) is 5.75 Å². The Balaban J connectivity index is 0.000000138. The quantitative estimate of drug-likeness (QED) is 0.176. The second-order valence-electron chi connectivity index (χ2n) is 10.5. The van der Waals surface area contributed by atoms with Crippen LogP contribution in [-0.2, 0) is 0 Å². The van der Waals surface area contributed by atoms with Crippen molar-refractivity contribution in [1.29, 1.82) is 0 Å². The Morgan fingerprint density at radius 2 is 0.820 bits per heavy atom. The summed E-state index contributed by atoms with van der Waals surface area (Å²) in [6.45, 7) is 0. The van der Waals surface area contributed by atoms with Gasteiger partial charge < -0.3 is 9.68 Å². The van der Waals surface area contributed by atoms with E-state index in [0.717, 1.165) is 32.8 Å². The Morgan fingerprint density at radius 3 is 1.36 bits per heavy atom. The predicted octanol–water partition coefficient (Wildman–Crippen LogP) is 9.60. The maximum atomic E-state index is 8.44. The number of benzene rings is 6. The summed E-state index contributed by atoms with van der Waals surface area (Å²) in [6, 6.07) is 47.1. The minimum Gasteiger partial charge on any atom is -0.537 e. The van der Waals surface area contributed by atoms with Crippen LogP contribution in [0.3, 0.4) is 0 Å². The molecule has 0 atom stereocenters. The van der Waals surface area contributed by atoms with Gasteiger partial charge in [-0.05, 0) is 74.5 Å². The first-order valence-electron chi connectivity index (χ1n) is 15.2. The van der Waals surface area contributed by atoms with E-state index in [1.165, 1.54) is 5.39 Å². The number of fused-ring (bicyclic) bond motifs is 2. The van der Waals surface area contributed by atoms with Gasteiger partial charge in [0, 0.05) is 16.7 Å². The van der Waals surface area contributed by atoms with Crippen LogP contribution in [0.4, 0.5) is 0 Å². The second-order valence-corrected chi connectivity index (χ2v) is 11.5. The number of aromatic nitrogens is 6. The van der Waals surface area contributed by atoms with Gasteiger partial charge in [0.25, 0.3) is 0 Å². The predicted molar refractivity (Wildman–Crippen MR) is 201 cm³/mol. The number of hydrogen-bond acceptors (Lipinski definition) is 8. The lowest BCUT2D eigenvalue weighted by Gasteiger charge is -2.06.